The number of rotatable bonds is 2. The number of pyridine rings is 1. The van der Waals surface area contributed by atoms with Crippen molar-refractivity contribution in [3.05, 3.63) is 59.0 Å². The van der Waals surface area contributed by atoms with Gasteiger partial charge in [-0.1, -0.05) is 24.3 Å². The van der Waals surface area contributed by atoms with Crippen molar-refractivity contribution in [3.8, 4) is 0 Å². The summed E-state index contributed by atoms with van der Waals surface area (Å²) in [4.78, 5) is 6.08. The third-order valence-electron chi connectivity index (χ3n) is 3.24. The van der Waals surface area contributed by atoms with Crippen LogP contribution in [0.3, 0.4) is 0 Å². The molecule has 0 saturated heterocycles. The summed E-state index contributed by atoms with van der Waals surface area (Å²) in [6.45, 7) is 1.40. The van der Waals surface area contributed by atoms with Crippen LogP contribution in [0, 0.1) is 5.82 Å². The molecular formula is C14H12ClFN2. The maximum Gasteiger partial charge on any atom is 0.170 e. The van der Waals surface area contributed by atoms with Gasteiger partial charge in [0.25, 0.3) is 0 Å². The van der Waals surface area contributed by atoms with Crippen molar-refractivity contribution >= 4 is 17.4 Å². The lowest BCUT2D eigenvalue weighted by Gasteiger charge is -2.17. The molecule has 1 aromatic heterocycles. The fraction of sp³-hybridized carbons (Fsp3) is 0.214. The Morgan fingerprint density at radius 3 is 2.44 bits per heavy atom. The number of aromatic nitrogens is 1. The van der Waals surface area contributed by atoms with Crippen LogP contribution < -0.4 is 4.90 Å². The molecule has 1 aromatic carbocycles. The van der Waals surface area contributed by atoms with E-state index in [0.29, 0.717) is 24.5 Å². The molecule has 0 fully saturated rings. The second kappa shape index (κ2) is 4.58. The molecule has 3 rings (SSSR count). The van der Waals surface area contributed by atoms with Gasteiger partial charge in [0.05, 0.1) is 5.88 Å². The number of halogens is 2. The van der Waals surface area contributed by atoms with Crippen LogP contribution in [0.2, 0.25) is 0 Å². The van der Waals surface area contributed by atoms with Gasteiger partial charge in [0, 0.05) is 24.8 Å². The van der Waals surface area contributed by atoms with Crippen LogP contribution in [0.4, 0.5) is 10.2 Å². The number of hydrogen-bond acceptors (Lipinski definition) is 2. The molecule has 92 valence electrons. The zero-order valence-electron chi connectivity index (χ0n) is 9.74. The Balaban J connectivity index is 1.95. The van der Waals surface area contributed by atoms with Crippen molar-refractivity contribution in [2.24, 2.45) is 0 Å². The minimum atomic E-state index is -0.305. The molecule has 2 heterocycles. The topological polar surface area (TPSA) is 16.1 Å². The first-order valence-corrected chi connectivity index (χ1v) is 6.34. The Morgan fingerprint density at radius 1 is 1.17 bits per heavy atom. The molecule has 0 spiro atoms. The van der Waals surface area contributed by atoms with E-state index in [9.17, 15) is 4.39 Å². The molecular weight excluding hydrogens is 251 g/mol. The number of nitrogens with zero attached hydrogens (tertiary/aromatic N) is 2. The van der Waals surface area contributed by atoms with Gasteiger partial charge in [0.15, 0.2) is 11.6 Å². The Hall–Kier alpha value is -1.61. The smallest absolute Gasteiger partial charge is 0.170 e. The summed E-state index contributed by atoms with van der Waals surface area (Å²) in [5.74, 6) is 0.256. The fourth-order valence-electron chi connectivity index (χ4n) is 2.28. The third-order valence-corrected chi connectivity index (χ3v) is 3.52. The Bertz CT molecular complexity index is 561. The highest BCUT2D eigenvalue weighted by molar-refractivity contribution is 6.17. The monoisotopic (exact) mass is 262 g/mol. The molecule has 0 atom stereocenters. The normalized spacial score (nSPS) is 13.8. The summed E-state index contributed by atoms with van der Waals surface area (Å²) in [7, 11) is 0. The standard InChI is InChI=1S/C14H12ClFN2/c15-7-10-5-6-17-14(13(10)16)18-8-11-3-1-2-4-12(11)9-18/h1-6H,7-9H2. The quantitative estimate of drug-likeness (QED) is 0.771. The van der Waals surface area contributed by atoms with Gasteiger partial charge in [-0.25, -0.2) is 9.37 Å². The molecule has 0 bridgehead atoms. The minimum Gasteiger partial charge on any atom is -0.345 e. The first-order valence-electron chi connectivity index (χ1n) is 5.80. The Kier molecular flexibility index (Phi) is 2.92. The largest absolute Gasteiger partial charge is 0.345 e. The molecule has 4 heteroatoms. The van der Waals surface area contributed by atoms with Crippen LogP contribution in [0.25, 0.3) is 0 Å². The van der Waals surface area contributed by atoms with Crippen LogP contribution in [0.5, 0.6) is 0 Å². The van der Waals surface area contributed by atoms with E-state index in [1.807, 2.05) is 17.0 Å². The molecule has 0 unspecified atom stereocenters. The maximum atomic E-state index is 14.2. The van der Waals surface area contributed by atoms with Crippen molar-refractivity contribution in [2.45, 2.75) is 19.0 Å². The van der Waals surface area contributed by atoms with Gasteiger partial charge >= 0.3 is 0 Å². The van der Waals surface area contributed by atoms with Gasteiger partial charge in [0.2, 0.25) is 0 Å². The molecule has 0 N–H and O–H groups in total. The second-order valence-corrected chi connectivity index (χ2v) is 4.63. The molecule has 18 heavy (non-hydrogen) atoms. The van der Waals surface area contributed by atoms with Crippen LogP contribution in [-0.2, 0) is 19.0 Å². The van der Waals surface area contributed by atoms with Gasteiger partial charge in [0.1, 0.15) is 0 Å². The summed E-state index contributed by atoms with van der Waals surface area (Å²) in [6, 6.07) is 9.76. The molecule has 0 radical (unpaired) electrons. The lowest BCUT2D eigenvalue weighted by molar-refractivity contribution is 0.601. The highest BCUT2D eigenvalue weighted by Crippen LogP contribution is 2.29. The second-order valence-electron chi connectivity index (χ2n) is 4.37. The van der Waals surface area contributed by atoms with E-state index in [2.05, 4.69) is 17.1 Å². The van der Waals surface area contributed by atoms with Crippen LogP contribution in [0.15, 0.2) is 36.5 Å². The minimum absolute atomic E-state index is 0.169. The van der Waals surface area contributed by atoms with Gasteiger partial charge < -0.3 is 4.90 Å². The highest BCUT2D eigenvalue weighted by Gasteiger charge is 2.23. The molecule has 0 saturated carbocycles. The number of hydrogen-bond donors (Lipinski definition) is 0. The number of fused-ring (bicyclic) bond motifs is 1. The van der Waals surface area contributed by atoms with Gasteiger partial charge in [-0.05, 0) is 17.2 Å². The van der Waals surface area contributed by atoms with Gasteiger partial charge in [-0.15, -0.1) is 11.6 Å². The van der Waals surface area contributed by atoms with Crippen LogP contribution in [0.1, 0.15) is 16.7 Å². The van der Waals surface area contributed by atoms with E-state index in [-0.39, 0.29) is 11.7 Å². The van der Waals surface area contributed by atoms with Crippen LogP contribution >= 0.6 is 11.6 Å². The zero-order chi connectivity index (χ0) is 12.5. The average molecular weight is 263 g/mol. The summed E-state index contributed by atoms with van der Waals surface area (Å²) >= 11 is 5.71. The Morgan fingerprint density at radius 2 is 1.83 bits per heavy atom. The molecule has 2 aromatic rings. The lowest BCUT2D eigenvalue weighted by Crippen LogP contribution is -2.18. The molecule has 2 nitrogen and oxygen atoms in total. The predicted octanol–water partition coefficient (Wildman–Crippen LogP) is 3.48. The van der Waals surface area contributed by atoms with E-state index in [0.717, 1.165) is 0 Å². The Labute approximate surface area is 110 Å². The number of benzene rings is 1. The summed E-state index contributed by atoms with van der Waals surface area (Å²) in [5.41, 5.74) is 2.96. The first kappa shape index (κ1) is 11.5. The fourth-order valence-corrected chi connectivity index (χ4v) is 2.48. The molecule has 0 amide bonds. The zero-order valence-corrected chi connectivity index (χ0v) is 10.5. The van der Waals surface area contributed by atoms with Crippen molar-refractivity contribution in [3.63, 3.8) is 0 Å². The van der Waals surface area contributed by atoms with Crippen molar-refractivity contribution in [2.75, 3.05) is 4.90 Å². The van der Waals surface area contributed by atoms with Crippen molar-refractivity contribution in [1.82, 2.24) is 4.98 Å². The SMILES string of the molecule is Fc1c(CCl)ccnc1N1Cc2ccccc2C1. The maximum absolute atomic E-state index is 14.2. The summed E-state index contributed by atoms with van der Waals surface area (Å²) in [6.07, 6.45) is 1.61. The highest BCUT2D eigenvalue weighted by atomic mass is 35.5. The van der Waals surface area contributed by atoms with E-state index < -0.39 is 0 Å². The molecule has 0 aliphatic carbocycles. The summed E-state index contributed by atoms with van der Waals surface area (Å²) < 4.78 is 14.2. The lowest BCUT2D eigenvalue weighted by atomic mass is 10.1. The molecule has 1 aliphatic heterocycles. The van der Waals surface area contributed by atoms with E-state index in [4.69, 9.17) is 11.6 Å². The third kappa shape index (κ3) is 1.85. The average Bonchev–Trinajstić information content (AvgIpc) is 2.82. The number of alkyl halides is 1. The van der Waals surface area contributed by atoms with Gasteiger partial charge in [-0.2, -0.15) is 0 Å². The van der Waals surface area contributed by atoms with Crippen molar-refractivity contribution in [1.29, 1.82) is 0 Å². The van der Waals surface area contributed by atoms with E-state index in [1.54, 1.807) is 12.3 Å². The molecule has 1 aliphatic rings. The predicted molar refractivity (Wildman–Crippen MR) is 70.1 cm³/mol. The van der Waals surface area contributed by atoms with Crippen LogP contribution in [-0.4, -0.2) is 4.98 Å². The van der Waals surface area contributed by atoms with Crippen molar-refractivity contribution < 1.29 is 4.39 Å². The van der Waals surface area contributed by atoms with E-state index >= 15 is 0 Å². The van der Waals surface area contributed by atoms with E-state index in [1.165, 1.54) is 11.1 Å². The first-order chi connectivity index (χ1) is 8.79. The van der Waals surface area contributed by atoms with Gasteiger partial charge in [-0.3, -0.25) is 0 Å². The summed E-state index contributed by atoms with van der Waals surface area (Å²) in [5, 5.41) is 0. The number of anilines is 1.